The minimum absolute atomic E-state index is 0.0254. The Labute approximate surface area is 94.4 Å². The van der Waals surface area contributed by atoms with Gasteiger partial charge < -0.3 is 5.11 Å². The maximum atomic E-state index is 12.2. The van der Waals surface area contributed by atoms with Crippen LogP contribution in [0.25, 0.3) is 0 Å². The summed E-state index contributed by atoms with van der Waals surface area (Å²) in [5.74, 6) is 0. The van der Waals surface area contributed by atoms with Crippen molar-refractivity contribution < 1.29 is 18.3 Å². The van der Waals surface area contributed by atoms with E-state index in [-0.39, 0.29) is 21.2 Å². The Kier molecular flexibility index (Phi) is 3.53. The molecule has 0 aliphatic rings. The molecular weight excluding hydrogens is 252 g/mol. The summed E-state index contributed by atoms with van der Waals surface area (Å²) in [6.07, 6.45) is -7.24. The van der Waals surface area contributed by atoms with Gasteiger partial charge in [-0.2, -0.15) is 13.2 Å². The molecule has 1 nitrogen and oxygen atoms in total. The lowest BCUT2D eigenvalue weighted by Crippen LogP contribution is -2.21. The van der Waals surface area contributed by atoms with Gasteiger partial charge in [0.15, 0.2) is 6.10 Å². The highest BCUT2D eigenvalue weighted by atomic mass is 35.5. The molecule has 0 aliphatic heterocycles. The SMILES string of the molecule is Cc1c(C(O)C(F)(F)F)ccc(Cl)c1Cl. The van der Waals surface area contributed by atoms with Crippen LogP contribution in [0.5, 0.6) is 0 Å². The predicted molar refractivity (Wildman–Crippen MR) is 52.2 cm³/mol. The van der Waals surface area contributed by atoms with E-state index < -0.39 is 12.3 Å². The van der Waals surface area contributed by atoms with Gasteiger partial charge in [-0.3, -0.25) is 0 Å². The van der Waals surface area contributed by atoms with Gasteiger partial charge in [0.2, 0.25) is 0 Å². The summed E-state index contributed by atoms with van der Waals surface area (Å²) in [4.78, 5) is 0. The zero-order valence-electron chi connectivity index (χ0n) is 7.57. The summed E-state index contributed by atoms with van der Waals surface area (Å²) < 4.78 is 36.7. The van der Waals surface area contributed by atoms with Gasteiger partial charge in [-0.25, -0.2) is 0 Å². The molecule has 6 heteroatoms. The first-order valence-electron chi connectivity index (χ1n) is 3.94. The van der Waals surface area contributed by atoms with Crippen LogP contribution in [0.4, 0.5) is 13.2 Å². The number of rotatable bonds is 1. The smallest absolute Gasteiger partial charge is 0.379 e. The van der Waals surface area contributed by atoms with Crippen LogP contribution < -0.4 is 0 Å². The molecule has 1 rings (SSSR count). The van der Waals surface area contributed by atoms with E-state index in [0.29, 0.717) is 0 Å². The van der Waals surface area contributed by atoms with Crippen LogP contribution in [0.15, 0.2) is 12.1 Å². The van der Waals surface area contributed by atoms with Gasteiger partial charge in [0, 0.05) is 0 Å². The van der Waals surface area contributed by atoms with E-state index in [1.165, 1.54) is 13.0 Å². The average Bonchev–Trinajstić information content (AvgIpc) is 2.12. The van der Waals surface area contributed by atoms with Crippen molar-refractivity contribution in [1.82, 2.24) is 0 Å². The Morgan fingerprint density at radius 3 is 2.27 bits per heavy atom. The van der Waals surface area contributed by atoms with Crippen LogP contribution in [0.1, 0.15) is 17.2 Å². The Balaban J connectivity index is 3.23. The molecule has 1 aromatic carbocycles. The Bertz CT molecular complexity index is 376. The third-order valence-electron chi connectivity index (χ3n) is 1.99. The van der Waals surface area contributed by atoms with Gasteiger partial charge in [-0.1, -0.05) is 29.3 Å². The second-order valence-electron chi connectivity index (χ2n) is 3.02. The molecule has 84 valence electrons. The topological polar surface area (TPSA) is 20.2 Å². The molecule has 1 aromatic rings. The van der Waals surface area contributed by atoms with E-state index in [0.717, 1.165) is 6.07 Å². The lowest BCUT2D eigenvalue weighted by molar-refractivity contribution is -0.206. The first-order chi connectivity index (χ1) is 6.75. The first kappa shape index (κ1) is 12.6. The number of aliphatic hydroxyl groups is 1. The van der Waals surface area contributed by atoms with E-state index in [2.05, 4.69) is 0 Å². The van der Waals surface area contributed by atoms with Crippen molar-refractivity contribution in [3.8, 4) is 0 Å². The first-order valence-corrected chi connectivity index (χ1v) is 4.70. The summed E-state index contributed by atoms with van der Waals surface area (Å²) in [5.41, 5.74) is -0.147. The molecule has 0 heterocycles. The highest BCUT2D eigenvalue weighted by Gasteiger charge is 2.40. The van der Waals surface area contributed by atoms with Crippen molar-refractivity contribution in [3.05, 3.63) is 33.3 Å². The third kappa shape index (κ3) is 2.56. The second kappa shape index (κ2) is 4.20. The van der Waals surface area contributed by atoms with E-state index in [9.17, 15) is 13.2 Å². The summed E-state index contributed by atoms with van der Waals surface area (Å²) in [6, 6.07) is 2.34. The van der Waals surface area contributed by atoms with Crippen LogP contribution in [-0.4, -0.2) is 11.3 Å². The lowest BCUT2D eigenvalue weighted by atomic mass is 10.0. The number of benzene rings is 1. The van der Waals surface area contributed by atoms with Crippen molar-refractivity contribution in [2.45, 2.75) is 19.2 Å². The van der Waals surface area contributed by atoms with E-state index in [4.69, 9.17) is 28.3 Å². The van der Waals surface area contributed by atoms with E-state index in [1.807, 2.05) is 0 Å². The molecule has 1 unspecified atom stereocenters. The molecule has 1 atom stereocenters. The summed E-state index contributed by atoms with van der Waals surface area (Å²) in [7, 11) is 0. The standard InChI is InChI=1S/C9H7Cl2F3O/c1-4-5(8(15)9(12,13)14)2-3-6(10)7(4)11/h2-3,8,15H,1H3. The van der Waals surface area contributed by atoms with Gasteiger partial charge in [0.05, 0.1) is 10.0 Å². The fraction of sp³-hybridized carbons (Fsp3) is 0.333. The minimum Gasteiger partial charge on any atom is -0.379 e. The van der Waals surface area contributed by atoms with Gasteiger partial charge in [-0.15, -0.1) is 0 Å². The van der Waals surface area contributed by atoms with Crippen molar-refractivity contribution in [1.29, 1.82) is 0 Å². The summed E-state index contributed by atoms with van der Waals surface area (Å²) >= 11 is 11.3. The van der Waals surface area contributed by atoms with Crippen LogP contribution in [0, 0.1) is 6.92 Å². The molecule has 0 bridgehead atoms. The fourth-order valence-corrected chi connectivity index (χ4v) is 1.52. The third-order valence-corrected chi connectivity index (χ3v) is 2.88. The van der Waals surface area contributed by atoms with Gasteiger partial charge in [0.1, 0.15) is 0 Å². The molecule has 1 N–H and O–H groups in total. The Morgan fingerprint density at radius 1 is 1.27 bits per heavy atom. The van der Waals surface area contributed by atoms with Gasteiger partial charge in [0.25, 0.3) is 0 Å². The van der Waals surface area contributed by atoms with Crippen LogP contribution in [-0.2, 0) is 0 Å². The molecule has 0 aliphatic carbocycles. The summed E-state index contributed by atoms with van der Waals surface area (Å²) in [6.45, 7) is 1.37. The molecule has 15 heavy (non-hydrogen) atoms. The monoisotopic (exact) mass is 258 g/mol. The maximum absolute atomic E-state index is 12.2. The van der Waals surface area contributed by atoms with Crippen molar-refractivity contribution in [2.24, 2.45) is 0 Å². The zero-order chi connectivity index (χ0) is 11.8. The highest BCUT2D eigenvalue weighted by molar-refractivity contribution is 6.42. The highest BCUT2D eigenvalue weighted by Crippen LogP contribution is 2.37. The van der Waals surface area contributed by atoms with E-state index in [1.54, 1.807) is 0 Å². The predicted octanol–water partition coefficient (Wildman–Crippen LogP) is 3.90. The van der Waals surface area contributed by atoms with Crippen LogP contribution in [0.3, 0.4) is 0 Å². The minimum atomic E-state index is -4.71. The van der Waals surface area contributed by atoms with Crippen molar-refractivity contribution in [2.75, 3.05) is 0 Å². The molecular formula is C9H7Cl2F3O. The average molecular weight is 259 g/mol. The van der Waals surface area contributed by atoms with Crippen molar-refractivity contribution >= 4 is 23.2 Å². The zero-order valence-corrected chi connectivity index (χ0v) is 9.08. The quantitative estimate of drug-likeness (QED) is 0.810. The largest absolute Gasteiger partial charge is 0.418 e. The lowest BCUT2D eigenvalue weighted by Gasteiger charge is -2.17. The Morgan fingerprint density at radius 2 is 1.80 bits per heavy atom. The molecule has 0 saturated heterocycles. The van der Waals surface area contributed by atoms with Crippen LogP contribution >= 0.6 is 23.2 Å². The molecule has 0 saturated carbocycles. The molecule has 0 aromatic heterocycles. The van der Waals surface area contributed by atoms with Gasteiger partial charge in [-0.05, 0) is 24.1 Å². The normalized spacial score (nSPS) is 14.1. The van der Waals surface area contributed by atoms with E-state index >= 15 is 0 Å². The number of halogens is 5. The molecule has 0 radical (unpaired) electrons. The number of alkyl halides is 3. The van der Waals surface area contributed by atoms with Crippen molar-refractivity contribution in [3.63, 3.8) is 0 Å². The number of hydrogen-bond donors (Lipinski definition) is 1. The number of hydrogen-bond acceptors (Lipinski definition) is 1. The maximum Gasteiger partial charge on any atom is 0.418 e. The second-order valence-corrected chi connectivity index (χ2v) is 3.80. The number of aliphatic hydroxyl groups excluding tert-OH is 1. The van der Waals surface area contributed by atoms with Gasteiger partial charge >= 0.3 is 6.18 Å². The fourth-order valence-electron chi connectivity index (χ4n) is 1.14. The van der Waals surface area contributed by atoms with Crippen LogP contribution in [0.2, 0.25) is 10.0 Å². The summed E-state index contributed by atoms with van der Waals surface area (Å²) in [5, 5.41) is 9.21. The Hall–Kier alpha value is -0.450. The molecule has 0 fully saturated rings. The molecule has 0 spiro atoms. The molecule has 0 amide bonds.